The van der Waals surface area contributed by atoms with Gasteiger partial charge in [0, 0.05) is 53.2 Å². The Morgan fingerprint density at radius 3 is 2.33 bits per heavy atom. The van der Waals surface area contributed by atoms with Crippen LogP contribution in [0.25, 0.3) is 10.9 Å². The second kappa shape index (κ2) is 9.63. The molecular weight excluding hydrogens is 430 g/mol. The number of nitrogens with one attached hydrogen (secondary N) is 1. The number of aromatic amines is 1. The summed E-state index contributed by atoms with van der Waals surface area (Å²) in [5, 5.41) is 2.17. The van der Waals surface area contributed by atoms with Gasteiger partial charge in [-0.25, -0.2) is 0 Å². The summed E-state index contributed by atoms with van der Waals surface area (Å²) in [6, 6.07) is 26.7. The first kappa shape index (κ1) is 21.5. The molecule has 1 aliphatic heterocycles. The number of nitrogens with zero attached hydrogens (tertiary/aromatic N) is 2. The van der Waals surface area contributed by atoms with Crippen molar-refractivity contribution in [2.24, 2.45) is 0 Å². The van der Waals surface area contributed by atoms with Gasteiger partial charge in [0.25, 0.3) is 0 Å². The monoisotopic (exact) mass is 457 g/mol. The van der Waals surface area contributed by atoms with Crippen molar-refractivity contribution in [3.8, 4) is 5.75 Å². The van der Waals surface area contributed by atoms with E-state index in [0.717, 1.165) is 58.3 Å². The van der Waals surface area contributed by atoms with Gasteiger partial charge in [0.2, 0.25) is 5.91 Å². The van der Waals surface area contributed by atoms with Crippen LogP contribution in [0.2, 0.25) is 0 Å². The van der Waals surface area contributed by atoms with Gasteiger partial charge in [0.05, 0.1) is 18.6 Å². The minimum atomic E-state index is 0.184. The van der Waals surface area contributed by atoms with Crippen molar-refractivity contribution in [1.82, 2.24) is 9.88 Å². The van der Waals surface area contributed by atoms with E-state index >= 15 is 0 Å². The van der Waals surface area contributed by atoms with E-state index in [4.69, 9.17) is 4.74 Å². The molecule has 6 heteroatoms. The number of carbonyl (C=O) groups is 1. The lowest BCUT2D eigenvalue weighted by Gasteiger charge is -2.36. The molecule has 1 fully saturated rings. The highest BCUT2D eigenvalue weighted by molar-refractivity contribution is 7.99. The smallest absolute Gasteiger partial charge is 0.227 e. The first-order chi connectivity index (χ1) is 16.2. The summed E-state index contributed by atoms with van der Waals surface area (Å²) >= 11 is 1.68. The number of fused-ring (bicyclic) bond motifs is 1. The van der Waals surface area contributed by atoms with Gasteiger partial charge in [-0.3, -0.25) is 4.79 Å². The number of hydrogen-bond acceptors (Lipinski definition) is 4. The normalized spacial score (nSPS) is 14.0. The zero-order valence-electron chi connectivity index (χ0n) is 18.7. The standard InChI is InChI=1S/C27H27N3O2S/c1-32-21-13-11-20(12-14-21)29-15-17-30(18-16-29)26(31)19-24-23-9-5-6-10-25(23)28-27(24)33-22-7-3-2-4-8-22/h2-14,28H,15-19H2,1H3. The molecule has 0 spiro atoms. The van der Waals surface area contributed by atoms with Gasteiger partial charge in [0.1, 0.15) is 5.75 Å². The summed E-state index contributed by atoms with van der Waals surface area (Å²) in [6.07, 6.45) is 0.404. The maximum absolute atomic E-state index is 13.3. The van der Waals surface area contributed by atoms with E-state index in [9.17, 15) is 4.79 Å². The first-order valence-electron chi connectivity index (χ1n) is 11.2. The predicted molar refractivity (Wildman–Crippen MR) is 134 cm³/mol. The largest absolute Gasteiger partial charge is 0.497 e. The number of amides is 1. The van der Waals surface area contributed by atoms with Crippen LogP contribution in [0.3, 0.4) is 0 Å². The van der Waals surface area contributed by atoms with Gasteiger partial charge < -0.3 is 19.5 Å². The molecule has 5 nitrogen and oxygen atoms in total. The number of methoxy groups -OCH3 is 1. The lowest BCUT2D eigenvalue weighted by Crippen LogP contribution is -2.49. The van der Waals surface area contributed by atoms with E-state index < -0.39 is 0 Å². The SMILES string of the molecule is COc1ccc(N2CCN(C(=O)Cc3c(Sc4ccccc4)[nH]c4ccccc34)CC2)cc1. The van der Waals surface area contributed by atoms with Crippen LogP contribution < -0.4 is 9.64 Å². The van der Waals surface area contributed by atoms with Crippen molar-refractivity contribution in [3.05, 3.63) is 84.4 Å². The number of para-hydroxylation sites is 1. The fourth-order valence-electron chi connectivity index (χ4n) is 4.31. The molecule has 3 aromatic carbocycles. The summed E-state index contributed by atoms with van der Waals surface area (Å²) in [4.78, 5) is 22.3. The van der Waals surface area contributed by atoms with E-state index in [1.807, 2.05) is 47.4 Å². The second-order valence-corrected chi connectivity index (χ2v) is 9.22. The summed E-state index contributed by atoms with van der Waals surface area (Å²) in [5.41, 5.74) is 3.33. The summed E-state index contributed by atoms with van der Waals surface area (Å²) in [5.74, 6) is 1.04. The van der Waals surface area contributed by atoms with Gasteiger partial charge in [-0.15, -0.1) is 0 Å². The second-order valence-electron chi connectivity index (χ2n) is 8.14. The van der Waals surface area contributed by atoms with Crippen LogP contribution >= 0.6 is 11.8 Å². The maximum atomic E-state index is 13.3. The van der Waals surface area contributed by atoms with Gasteiger partial charge in [-0.05, 0) is 42.5 Å². The summed E-state index contributed by atoms with van der Waals surface area (Å²) in [6.45, 7) is 3.12. The van der Waals surface area contributed by atoms with Crippen LogP contribution in [0.15, 0.2) is 88.8 Å². The number of anilines is 1. The average Bonchev–Trinajstić information content (AvgIpc) is 3.21. The van der Waals surface area contributed by atoms with Crippen molar-refractivity contribution in [1.29, 1.82) is 0 Å². The lowest BCUT2D eigenvalue weighted by atomic mass is 10.1. The molecule has 1 aromatic heterocycles. The highest BCUT2D eigenvalue weighted by Crippen LogP contribution is 2.35. The number of aromatic nitrogens is 1. The molecule has 33 heavy (non-hydrogen) atoms. The highest BCUT2D eigenvalue weighted by atomic mass is 32.2. The molecular formula is C27H27N3O2S. The van der Waals surface area contributed by atoms with E-state index in [1.165, 1.54) is 5.69 Å². The number of hydrogen-bond donors (Lipinski definition) is 1. The van der Waals surface area contributed by atoms with Crippen LogP contribution in [-0.4, -0.2) is 49.1 Å². The molecule has 0 bridgehead atoms. The third-order valence-electron chi connectivity index (χ3n) is 6.14. The summed E-state index contributed by atoms with van der Waals surface area (Å²) < 4.78 is 5.26. The molecule has 0 saturated carbocycles. The Morgan fingerprint density at radius 1 is 0.909 bits per heavy atom. The average molecular weight is 458 g/mol. The number of rotatable bonds is 6. The van der Waals surface area contributed by atoms with Crippen LogP contribution in [0, 0.1) is 0 Å². The Hall–Kier alpha value is -3.38. The van der Waals surface area contributed by atoms with Gasteiger partial charge in [-0.1, -0.05) is 48.2 Å². The number of H-pyrrole nitrogens is 1. The lowest BCUT2D eigenvalue weighted by molar-refractivity contribution is -0.130. The molecule has 1 amide bonds. The molecule has 1 aliphatic rings. The Balaban J connectivity index is 1.29. The zero-order valence-corrected chi connectivity index (χ0v) is 19.5. The van der Waals surface area contributed by atoms with Crippen LogP contribution in [0.1, 0.15) is 5.56 Å². The Labute approximate surface area is 198 Å². The van der Waals surface area contributed by atoms with Crippen molar-refractivity contribution in [3.63, 3.8) is 0 Å². The molecule has 0 radical (unpaired) electrons. The minimum absolute atomic E-state index is 0.184. The molecule has 0 unspecified atom stereocenters. The predicted octanol–water partition coefficient (Wildman–Crippen LogP) is 5.22. The fraction of sp³-hybridized carbons (Fsp3) is 0.222. The number of piperazine rings is 1. The summed E-state index contributed by atoms with van der Waals surface area (Å²) in [7, 11) is 1.68. The minimum Gasteiger partial charge on any atom is -0.497 e. The van der Waals surface area contributed by atoms with E-state index in [1.54, 1.807) is 18.9 Å². The van der Waals surface area contributed by atoms with Crippen molar-refractivity contribution in [2.75, 3.05) is 38.2 Å². The molecule has 2 heterocycles. The molecule has 168 valence electrons. The Bertz CT molecular complexity index is 1230. The van der Waals surface area contributed by atoms with Crippen LogP contribution in [-0.2, 0) is 11.2 Å². The molecule has 0 aliphatic carbocycles. The first-order valence-corrected chi connectivity index (χ1v) is 12.0. The Kier molecular flexibility index (Phi) is 6.26. The fourth-order valence-corrected chi connectivity index (χ4v) is 5.31. The highest BCUT2D eigenvalue weighted by Gasteiger charge is 2.24. The van der Waals surface area contributed by atoms with E-state index in [0.29, 0.717) is 6.42 Å². The van der Waals surface area contributed by atoms with Crippen molar-refractivity contribution >= 4 is 34.3 Å². The molecule has 1 saturated heterocycles. The van der Waals surface area contributed by atoms with Gasteiger partial charge >= 0.3 is 0 Å². The molecule has 1 N–H and O–H groups in total. The van der Waals surface area contributed by atoms with Crippen LogP contribution in [0.4, 0.5) is 5.69 Å². The third-order valence-corrected chi connectivity index (χ3v) is 7.20. The molecule has 0 atom stereocenters. The quantitative estimate of drug-likeness (QED) is 0.431. The third kappa shape index (κ3) is 4.71. The topological polar surface area (TPSA) is 48.6 Å². The molecule has 4 aromatic rings. The Morgan fingerprint density at radius 2 is 1.61 bits per heavy atom. The zero-order chi connectivity index (χ0) is 22.6. The molecule has 5 rings (SSSR count). The van der Waals surface area contributed by atoms with E-state index in [-0.39, 0.29) is 5.91 Å². The number of carbonyl (C=O) groups excluding carboxylic acids is 1. The number of ether oxygens (including phenoxy) is 1. The number of benzene rings is 3. The van der Waals surface area contributed by atoms with Crippen molar-refractivity contribution < 1.29 is 9.53 Å². The van der Waals surface area contributed by atoms with Crippen molar-refractivity contribution in [2.45, 2.75) is 16.3 Å². The van der Waals surface area contributed by atoms with Gasteiger partial charge in [-0.2, -0.15) is 0 Å². The maximum Gasteiger partial charge on any atom is 0.227 e. The van der Waals surface area contributed by atoms with E-state index in [2.05, 4.69) is 46.3 Å². The van der Waals surface area contributed by atoms with Crippen LogP contribution in [0.5, 0.6) is 5.75 Å². The van der Waals surface area contributed by atoms with Gasteiger partial charge in [0.15, 0.2) is 0 Å².